The van der Waals surface area contributed by atoms with Crippen molar-refractivity contribution in [2.45, 2.75) is 24.3 Å². The molecule has 2 aliphatic heterocycles. The Morgan fingerprint density at radius 1 is 0.917 bits per heavy atom. The number of carbonyl (C=O) groups excluding carboxylic acids is 1. The van der Waals surface area contributed by atoms with Gasteiger partial charge in [-0.2, -0.15) is 0 Å². The van der Waals surface area contributed by atoms with Crippen LogP contribution in [0.4, 0.5) is 28.9 Å². The predicted molar refractivity (Wildman–Crippen MR) is 126 cm³/mol. The molecule has 0 unspecified atom stereocenters. The van der Waals surface area contributed by atoms with Gasteiger partial charge in [-0.3, -0.25) is 4.79 Å². The predicted octanol–water partition coefficient (Wildman–Crippen LogP) is 3.97. The molecule has 0 aliphatic carbocycles. The summed E-state index contributed by atoms with van der Waals surface area (Å²) < 4.78 is 81.5. The molecule has 1 fully saturated rings. The highest BCUT2D eigenvalue weighted by molar-refractivity contribution is 7.89. The Labute approximate surface area is 205 Å². The second-order valence-electron chi connectivity index (χ2n) is 9.06. The first-order valence-corrected chi connectivity index (χ1v) is 12.7. The molecule has 188 valence electrons. The molecular weight excluding hydrogens is 498 g/mol. The van der Waals surface area contributed by atoms with E-state index >= 15 is 0 Å². The fourth-order valence-corrected chi connectivity index (χ4v) is 5.48. The quantitative estimate of drug-likeness (QED) is 0.529. The number of halogens is 4. The van der Waals surface area contributed by atoms with Crippen LogP contribution < -0.4 is 14.9 Å². The van der Waals surface area contributed by atoms with Crippen LogP contribution in [0.1, 0.15) is 12.5 Å². The SMILES string of the molecule is C[C@H]1Cc2cc(F)c(S(N)(=O)=O)cc2N1C(=O)C1CN(c2ccc(-c3ccccc3F)c(F)c2F)C1. The third kappa shape index (κ3) is 3.92. The Hall–Kier alpha value is -3.44. The first-order chi connectivity index (χ1) is 17.0. The zero-order chi connectivity index (χ0) is 25.9. The summed E-state index contributed by atoms with van der Waals surface area (Å²) in [5.41, 5.74) is 0.429. The maximum atomic E-state index is 14.9. The molecule has 1 saturated heterocycles. The summed E-state index contributed by atoms with van der Waals surface area (Å²) in [6.45, 7) is 1.94. The van der Waals surface area contributed by atoms with E-state index in [-0.39, 0.29) is 47.5 Å². The number of amides is 1. The average Bonchev–Trinajstić information content (AvgIpc) is 3.09. The van der Waals surface area contributed by atoms with Gasteiger partial charge in [-0.1, -0.05) is 18.2 Å². The van der Waals surface area contributed by atoms with E-state index in [1.807, 2.05) is 0 Å². The number of sulfonamides is 1. The second kappa shape index (κ2) is 8.59. The van der Waals surface area contributed by atoms with Gasteiger partial charge in [0, 0.05) is 35.9 Å². The van der Waals surface area contributed by atoms with Crippen molar-refractivity contribution in [3.05, 3.63) is 77.4 Å². The van der Waals surface area contributed by atoms with Gasteiger partial charge < -0.3 is 9.80 Å². The van der Waals surface area contributed by atoms with Crippen molar-refractivity contribution in [1.29, 1.82) is 0 Å². The minimum atomic E-state index is -4.34. The van der Waals surface area contributed by atoms with Crippen molar-refractivity contribution < 1.29 is 30.8 Å². The molecule has 3 aromatic rings. The van der Waals surface area contributed by atoms with Crippen LogP contribution in [0.3, 0.4) is 0 Å². The van der Waals surface area contributed by atoms with E-state index in [1.165, 1.54) is 40.1 Å². The van der Waals surface area contributed by atoms with Gasteiger partial charge in [-0.25, -0.2) is 31.1 Å². The maximum Gasteiger partial charge on any atom is 0.241 e. The fourth-order valence-electron chi connectivity index (χ4n) is 4.87. The number of rotatable bonds is 4. The number of hydrogen-bond acceptors (Lipinski definition) is 4. The van der Waals surface area contributed by atoms with Crippen LogP contribution >= 0.6 is 0 Å². The molecule has 5 rings (SSSR count). The van der Waals surface area contributed by atoms with E-state index in [1.54, 1.807) is 6.92 Å². The zero-order valence-corrected chi connectivity index (χ0v) is 19.8. The van der Waals surface area contributed by atoms with Gasteiger partial charge >= 0.3 is 0 Å². The van der Waals surface area contributed by atoms with Crippen LogP contribution in [0.15, 0.2) is 53.4 Å². The monoisotopic (exact) mass is 519 g/mol. The van der Waals surface area contributed by atoms with E-state index < -0.39 is 44.1 Å². The number of anilines is 2. The number of nitrogens with zero attached hydrogens (tertiary/aromatic N) is 2. The van der Waals surface area contributed by atoms with Gasteiger partial charge in [0.1, 0.15) is 16.5 Å². The summed E-state index contributed by atoms with van der Waals surface area (Å²) >= 11 is 0. The molecule has 0 spiro atoms. The number of fused-ring (bicyclic) bond motifs is 1. The first-order valence-electron chi connectivity index (χ1n) is 11.1. The molecule has 1 atom stereocenters. The third-order valence-corrected chi connectivity index (χ3v) is 7.62. The highest BCUT2D eigenvalue weighted by atomic mass is 32.2. The summed E-state index contributed by atoms with van der Waals surface area (Å²) in [7, 11) is -4.34. The van der Waals surface area contributed by atoms with Crippen molar-refractivity contribution in [2.75, 3.05) is 22.9 Å². The topological polar surface area (TPSA) is 83.7 Å². The first kappa shape index (κ1) is 24.3. The molecule has 0 radical (unpaired) electrons. The molecule has 0 saturated carbocycles. The van der Waals surface area contributed by atoms with Gasteiger partial charge in [0.05, 0.1) is 11.6 Å². The number of carbonyl (C=O) groups is 1. The van der Waals surface area contributed by atoms with Crippen LogP contribution in [0.2, 0.25) is 0 Å². The van der Waals surface area contributed by atoms with Crippen molar-refractivity contribution in [2.24, 2.45) is 11.1 Å². The van der Waals surface area contributed by atoms with E-state index in [2.05, 4.69) is 0 Å². The van der Waals surface area contributed by atoms with Crippen molar-refractivity contribution in [3.8, 4) is 11.1 Å². The smallest absolute Gasteiger partial charge is 0.241 e. The zero-order valence-electron chi connectivity index (χ0n) is 19.0. The largest absolute Gasteiger partial charge is 0.367 e. The van der Waals surface area contributed by atoms with Gasteiger partial charge in [0.2, 0.25) is 15.9 Å². The Balaban J connectivity index is 1.36. The Morgan fingerprint density at radius 3 is 2.28 bits per heavy atom. The number of hydrogen-bond donors (Lipinski definition) is 1. The highest BCUT2D eigenvalue weighted by Gasteiger charge is 2.42. The standard InChI is InChI=1S/C25H21F4N3O3S/c1-13-8-14-9-19(27)22(36(30,34)35)10-21(14)32(13)25(33)15-11-31(12-15)20-7-6-17(23(28)24(20)29)16-4-2-3-5-18(16)26/h2-7,9-10,13,15H,8,11-12H2,1H3,(H2,30,34,35)/t13-/m0/s1. The van der Waals surface area contributed by atoms with Crippen LogP contribution in [-0.2, 0) is 21.2 Å². The summed E-state index contributed by atoms with van der Waals surface area (Å²) in [6, 6.07) is 9.90. The lowest BCUT2D eigenvalue weighted by Gasteiger charge is -2.42. The highest BCUT2D eigenvalue weighted by Crippen LogP contribution is 2.39. The van der Waals surface area contributed by atoms with Crippen molar-refractivity contribution in [1.82, 2.24) is 0 Å². The maximum absolute atomic E-state index is 14.9. The summed E-state index contributed by atoms with van der Waals surface area (Å²) in [5, 5.41) is 5.11. The van der Waals surface area contributed by atoms with E-state index in [0.29, 0.717) is 12.0 Å². The van der Waals surface area contributed by atoms with Crippen LogP contribution in [0.5, 0.6) is 0 Å². The summed E-state index contributed by atoms with van der Waals surface area (Å²) in [5.74, 6) is -4.90. The van der Waals surface area contributed by atoms with Crippen molar-refractivity contribution in [3.63, 3.8) is 0 Å². The number of benzene rings is 3. The normalized spacial score (nSPS) is 17.8. The number of primary sulfonamides is 1. The molecule has 3 aromatic carbocycles. The molecule has 36 heavy (non-hydrogen) atoms. The third-order valence-electron chi connectivity index (χ3n) is 6.69. The summed E-state index contributed by atoms with van der Waals surface area (Å²) in [6.07, 6.45) is 0.330. The summed E-state index contributed by atoms with van der Waals surface area (Å²) in [4.78, 5) is 15.5. The molecular formula is C25H21F4N3O3S. The molecule has 0 bridgehead atoms. The van der Waals surface area contributed by atoms with Gasteiger partial charge in [-0.15, -0.1) is 0 Å². The van der Waals surface area contributed by atoms with Gasteiger partial charge in [0.15, 0.2) is 11.6 Å². The van der Waals surface area contributed by atoms with E-state index in [4.69, 9.17) is 5.14 Å². The molecule has 2 N–H and O–H groups in total. The molecule has 6 nitrogen and oxygen atoms in total. The van der Waals surface area contributed by atoms with E-state index in [0.717, 1.165) is 18.2 Å². The molecule has 2 heterocycles. The second-order valence-corrected chi connectivity index (χ2v) is 10.6. The van der Waals surface area contributed by atoms with Crippen LogP contribution in [-0.4, -0.2) is 33.5 Å². The Kier molecular flexibility index (Phi) is 5.79. The average molecular weight is 520 g/mol. The van der Waals surface area contributed by atoms with Crippen LogP contribution in [0, 0.1) is 29.2 Å². The minimum absolute atomic E-state index is 0.0508. The number of nitrogens with two attached hydrogens (primary N) is 1. The molecule has 1 amide bonds. The molecule has 11 heteroatoms. The lowest BCUT2D eigenvalue weighted by molar-refractivity contribution is -0.123. The molecule has 2 aliphatic rings. The Bertz CT molecular complexity index is 1510. The van der Waals surface area contributed by atoms with Crippen molar-refractivity contribution >= 4 is 27.3 Å². The van der Waals surface area contributed by atoms with Crippen LogP contribution in [0.25, 0.3) is 11.1 Å². The van der Waals surface area contributed by atoms with E-state index in [9.17, 15) is 30.8 Å². The lowest BCUT2D eigenvalue weighted by atomic mass is 9.95. The molecule has 0 aromatic heterocycles. The Morgan fingerprint density at radius 2 is 1.61 bits per heavy atom. The fraction of sp³-hybridized carbons (Fsp3) is 0.240. The minimum Gasteiger partial charge on any atom is -0.367 e. The van der Waals surface area contributed by atoms with Gasteiger partial charge in [-0.05, 0) is 49.2 Å². The van der Waals surface area contributed by atoms with Gasteiger partial charge in [0.25, 0.3) is 0 Å². The lowest BCUT2D eigenvalue weighted by Crippen LogP contribution is -2.56.